The molecule has 18 heteroatoms. The van der Waals surface area contributed by atoms with Crippen molar-refractivity contribution >= 4 is 37.4 Å². The number of carboxylic acids is 3. The fraction of sp³-hybridized carbons (Fsp3) is 0.630. The number of aliphatic carboxylic acids is 3. The highest BCUT2D eigenvalue weighted by atomic mass is 31.1. The largest absolute Gasteiger partial charge is 0.480 e. The van der Waals surface area contributed by atoms with E-state index in [1.54, 1.807) is 19.6 Å². The molecule has 17 nitrogen and oxygen atoms in total. The van der Waals surface area contributed by atoms with Crippen LogP contribution >= 0.6 is 7.80 Å². The van der Waals surface area contributed by atoms with Gasteiger partial charge in [-0.25, -0.2) is 4.90 Å². The van der Waals surface area contributed by atoms with Gasteiger partial charge in [-0.3, -0.25) is 44.0 Å². The standard InChI is InChI=1S/C27H40N5O12P/c1-43-26(39)21(15-20-3-5-22(6-4-20)32(40)41)19-45(42)27(44-2)31-13-11-29(17-24(35)36)9-7-28(16-23(33)34)8-10-30(12-14-31)18-25(37)38/h3-6,21,27H,7-19H2,1-2H3,(H2-,33,34,35,36,37,38)/p+1. The minimum absolute atomic E-state index is 0.105. The third-order valence-electron chi connectivity index (χ3n) is 7.28. The van der Waals surface area contributed by atoms with Gasteiger partial charge in [0.25, 0.3) is 5.69 Å². The van der Waals surface area contributed by atoms with E-state index < -0.39 is 48.5 Å². The molecular weight excluding hydrogens is 617 g/mol. The lowest BCUT2D eigenvalue weighted by Crippen LogP contribution is -2.50. The predicted molar refractivity (Wildman–Crippen MR) is 159 cm³/mol. The number of nitrogens with zero attached hydrogens (tertiary/aromatic N) is 5. The minimum Gasteiger partial charge on any atom is -0.480 e. The van der Waals surface area contributed by atoms with Crippen LogP contribution in [0.25, 0.3) is 0 Å². The van der Waals surface area contributed by atoms with Gasteiger partial charge in [0.2, 0.25) is 0 Å². The van der Waals surface area contributed by atoms with Crippen LogP contribution in [-0.2, 0) is 39.6 Å². The van der Waals surface area contributed by atoms with E-state index in [0.29, 0.717) is 5.56 Å². The van der Waals surface area contributed by atoms with Gasteiger partial charge in [0.1, 0.15) is 5.92 Å². The van der Waals surface area contributed by atoms with Gasteiger partial charge in [-0.15, -0.1) is 0 Å². The number of rotatable bonds is 15. The van der Waals surface area contributed by atoms with Crippen molar-refractivity contribution in [3.8, 4) is 0 Å². The van der Waals surface area contributed by atoms with Crippen molar-refractivity contribution < 1.29 is 53.5 Å². The topological polar surface area (TPSA) is 221 Å². The number of non-ortho nitro benzene ring substituents is 1. The molecule has 3 N–H and O–H groups in total. The first-order chi connectivity index (χ1) is 21.3. The van der Waals surface area contributed by atoms with Gasteiger partial charge in [0.05, 0.1) is 31.7 Å². The third-order valence-corrected chi connectivity index (χ3v) is 9.11. The number of hydrogen-bond acceptors (Lipinski definition) is 13. The zero-order valence-corrected chi connectivity index (χ0v) is 26.3. The molecule has 0 amide bonds. The predicted octanol–water partition coefficient (Wildman–Crippen LogP) is 0.159. The molecule has 45 heavy (non-hydrogen) atoms. The maximum absolute atomic E-state index is 13.8. The molecule has 1 aliphatic rings. The number of carbonyl (C=O) groups is 4. The molecule has 0 spiro atoms. The quantitative estimate of drug-likeness (QED) is 0.0988. The summed E-state index contributed by atoms with van der Waals surface area (Å²) in [7, 11) is 0.272. The van der Waals surface area contributed by atoms with Crippen molar-refractivity contribution in [2.45, 2.75) is 12.4 Å². The fourth-order valence-electron chi connectivity index (χ4n) is 5.01. The van der Waals surface area contributed by atoms with E-state index in [9.17, 15) is 49.2 Å². The summed E-state index contributed by atoms with van der Waals surface area (Å²) in [4.78, 5) is 64.3. The van der Waals surface area contributed by atoms with E-state index in [2.05, 4.69) is 0 Å². The van der Waals surface area contributed by atoms with Crippen molar-refractivity contribution in [1.82, 2.24) is 19.6 Å². The Hall–Kier alpha value is -3.60. The smallest absolute Gasteiger partial charge is 0.388 e. The van der Waals surface area contributed by atoms with Gasteiger partial charge in [-0.1, -0.05) is 16.7 Å². The zero-order chi connectivity index (χ0) is 33.5. The average molecular weight is 659 g/mol. The Kier molecular flexibility index (Phi) is 15.9. The molecular formula is C27H41N5O12P+. The Bertz CT molecular complexity index is 1160. The molecule has 0 aromatic heterocycles. The summed E-state index contributed by atoms with van der Waals surface area (Å²) in [6.45, 7) is 0.712. The normalized spacial score (nSPS) is 18.1. The molecule has 0 bridgehead atoms. The van der Waals surface area contributed by atoms with Crippen LogP contribution in [0.5, 0.6) is 0 Å². The Labute approximate surface area is 261 Å². The molecule has 1 heterocycles. The summed E-state index contributed by atoms with van der Waals surface area (Å²) >= 11 is 0. The number of nitro groups is 1. The second-order valence-corrected chi connectivity index (χ2v) is 12.2. The Morgan fingerprint density at radius 2 is 1.24 bits per heavy atom. The van der Waals surface area contributed by atoms with E-state index >= 15 is 0 Å². The molecule has 0 radical (unpaired) electrons. The van der Waals surface area contributed by atoms with Gasteiger partial charge in [-0.2, -0.15) is 0 Å². The van der Waals surface area contributed by atoms with Gasteiger partial charge in [-0.05, 0) is 12.0 Å². The second kappa shape index (κ2) is 19.0. The Morgan fingerprint density at radius 3 is 1.60 bits per heavy atom. The first kappa shape index (κ1) is 37.6. The molecule has 0 aliphatic carbocycles. The molecule has 250 valence electrons. The number of methoxy groups -OCH3 is 2. The van der Waals surface area contributed by atoms with Crippen molar-refractivity contribution in [3.63, 3.8) is 0 Å². The van der Waals surface area contributed by atoms with Crippen molar-refractivity contribution in [3.05, 3.63) is 39.9 Å². The van der Waals surface area contributed by atoms with Crippen LogP contribution in [0.1, 0.15) is 5.56 Å². The van der Waals surface area contributed by atoms with E-state index in [1.807, 2.05) is 0 Å². The van der Waals surface area contributed by atoms with Crippen LogP contribution in [0.4, 0.5) is 5.69 Å². The van der Waals surface area contributed by atoms with E-state index in [0.717, 1.165) is 0 Å². The molecule has 3 unspecified atom stereocenters. The first-order valence-electron chi connectivity index (χ1n) is 14.2. The van der Waals surface area contributed by atoms with Gasteiger partial charge < -0.3 is 24.8 Å². The lowest BCUT2D eigenvalue weighted by Gasteiger charge is -2.33. The maximum atomic E-state index is 13.8. The Morgan fingerprint density at radius 1 is 0.822 bits per heavy atom. The number of carbonyl (C=O) groups excluding carboxylic acids is 1. The SMILES string of the molecule is COC(=O)C(Cc1ccc([N+](=O)[O-])cc1)C[P+](=O)C(OC)N1CCN(CC(=O)O)CCN(CC(=O)O)CCN(CC(=O)O)CC1. The number of benzene rings is 1. The first-order valence-corrected chi connectivity index (χ1v) is 15.7. The number of carboxylic acid groups (broad SMARTS) is 3. The van der Waals surface area contributed by atoms with Gasteiger partial charge in [0, 0.05) is 71.6 Å². The lowest BCUT2D eigenvalue weighted by molar-refractivity contribution is -0.384. The summed E-state index contributed by atoms with van der Waals surface area (Å²) in [5, 5.41) is 39.2. The van der Waals surface area contributed by atoms with Crippen molar-refractivity contribution in [1.29, 1.82) is 0 Å². The number of esters is 1. The Balaban J connectivity index is 2.29. The van der Waals surface area contributed by atoms with Crippen molar-refractivity contribution in [2.75, 3.05) is 92.4 Å². The molecule has 3 atom stereocenters. The molecule has 1 saturated heterocycles. The van der Waals surface area contributed by atoms with Crippen LogP contribution < -0.4 is 0 Å². The highest BCUT2D eigenvalue weighted by Crippen LogP contribution is 2.35. The minimum atomic E-state index is -2.28. The zero-order valence-electron chi connectivity index (χ0n) is 25.4. The van der Waals surface area contributed by atoms with Crippen LogP contribution in [0.15, 0.2) is 24.3 Å². The van der Waals surface area contributed by atoms with E-state index in [-0.39, 0.29) is 90.3 Å². The molecule has 1 aromatic carbocycles. The van der Waals surface area contributed by atoms with Gasteiger partial charge in [0.15, 0.2) is 6.16 Å². The van der Waals surface area contributed by atoms with Crippen LogP contribution in [0.2, 0.25) is 0 Å². The number of nitro benzene ring substituents is 1. The molecule has 1 fully saturated rings. The highest BCUT2D eigenvalue weighted by molar-refractivity contribution is 7.45. The van der Waals surface area contributed by atoms with E-state index in [4.69, 9.17) is 9.47 Å². The maximum Gasteiger partial charge on any atom is 0.388 e. The highest BCUT2D eigenvalue weighted by Gasteiger charge is 2.41. The van der Waals surface area contributed by atoms with E-state index in [1.165, 1.54) is 38.5 Å². The number of ether oxygens (including phenoxy) is 2. The molecule has 1 aromatic rings. The molecule has 2 rings (SSSR count). The monoisotopic (exact) mass is 658 g/mol. The molecule has 0 saturated carbocycles. The van der Waals surface area contributed by atoms with Gasteiger partial charge >= 0.3 is 37.6 Å². The summed E-state index contributed by atoms with van der Waals surface area (Å²) in [6.07, 6.45) is -0.0381. The average Bonchev–Trinajstić information content (AvgIpc) is 2.97. The van der Waals surface area contributed by atoms with Crippen LogP contribution in [0.3, 0.4) is 0 Å². The van der Waals surface area contributed by atoms with Crippen molar-refractivity contribution in [2.24, 2.45) is 5.92 Å². The summed E-state index contributed by atoms with van der Waals surface area (Å²) in [5.41, 5.74) is 0.489. The van der Waals surface area contributed by atoms with Crippen LogP contribution in [0, 0.1) is 16.0 Å². The summed E-state index contributed by atoms with van der Waals surface area (Å²) in [5.74, 6) is -5.72. The second-order valence-electron chi connectivity index (χ2n) is 10.6. The summed E-state index contributed by atoms with van der Waals surface area (Å²) < 4.78 is 24.4. The fourth-order valence-corrected chi connectivity index (χ4v) is 6.73. The summed E-state index contributed by atoms with van der Waals surface area (Å²) in [6, 6.07) is 5.64. The van der Waals surface area contributed by atoms with Crippen LogP contribution in [-0.4, -0.2) is 162 Å². The molecule has 1 aliphatic heterocycles. The lowest BCUT2D eigenvalue weighted by atomic mass is 10.0. The number of hydrogen-bond donors (Lipinski definition) is 3. The third kappa shape index (κ3) is 13.5.